The molecular weight excluding hydrogens is 904 g/mol. The molecule has 0 aliphatic heterocycles. The highest BCUT2D eigenvalue weighted by atomic mass is 31.2. The number of allylic oxidation sites excluding steroid dienone is 9. The number of carbonyl (C=O) groups is 2. The van der Waals surface area contributed by atoms with E-state index >= 15 is 0 Å². The number of unbranched alkanes of at least 4 members (excludes halogenated alkanes) is 29. The molecule has 71 heavy (non-hydrogen) atoms. The summed E-state index contributed by atoms with van der Waals surface area (Å²) >= 11 is 0. The minimum atomic E-state index is -4.70. The number of nitrogens with zero attached hydrogens (tertiary/aromatic N) is 1. The molecule has 0 saturated carbocycles. The average molecular weight is 1020 g/mol. The molecule has 0 aliphatic carbocycles. The Morgan fingerprint density at radius 3 is 1.34 bits per heavy atom. The van der Waals surface area contributed by atoms with Crippen molar-refractivity contribution in [2.24, 2.45) is 0 Å². The second-order valence-corrected chi connectivity index (χ2v) is 22.6. The van der Waals surface area contributed by atoms with Crippen LogP contribution >= 0.6 is 7.82 Å². The smallest absolute Gasteiger partial charge is 0.306 e. The first-order valence-electron chi connectivity index (χ1n) is 29.6. The van der Waals surface area contributed by atoms with Crippen LogP contribution in [0.2, 0.25) is 0 Å². The number of amides is 1. The van der Waals surface area contributed by atoms with Gasteiger partial charge >= 0.3 is 5.97 Å². The van der Waals surface area contributed by atoms with Crippen LogP contribution in [0.5, 0.6) is 0 Å². The summed E-state index contributed by atoms with van der Waals surface area (Å²) in [4.78, 5) is 39.9. The number of esters is 1. The topological polar surface area (TPSA) is 114 Å². The molecule has 0 radical (unpaired) electrons. The van der Waals surface area contributed by atoms with Crippen molar-refractivity contribution in [2.75, 3.05) is 40.9 Å². The molecule has 414 valence electrons. The Balaban J connectivity index is 5.30. The summed E-state index contributed by atoms with van der Waals surface area (Å²) in [6, 6.07) is -0.897. The second-order valence-electron chi connectivity index (χ2n) is 21.1. The van der Waals surface area contributed by atoms with Crippen molar-refractivity contribution >= 4 is 19.7 Å². The van der Waals surface area contributed by atoms with Crippen LogP contribution in [-0.4, -0.2) is 69.4 Å². The van der Waals surface area contributed by atoms with Crippen molar-refractivity contribution in [3.63, 3.8) is 0 Å². The molecule has 0 aromatic heterocycles. The minimum absolute atomic E-state index is 0.0270. The molecule has 0 bridgehead atoms. The number of phosphoric acid groups is 1. The normalized spacial score (nSPS) is 14.2. The molecule has 0 aliphatic rings. The Labute approximate surface area is 439 Å². The molecule has 3 atom stereocenters. The Kier molecular flexibility index (Phi) is 49.6. The Hall–Kier alpha value is -2.29. The van der Waals surface area contributed by atoms with Crippen molar-refractivity contribution in [1.29, 1.82) is 0 Å². The zero-order valence-electron chi connectivity index (χ0n) is 47.2. The molecule has 3 unspecified atom stereocenters. The highest BCUT2D eigenvalue weighted by Crippen LogP contribution is 2.38. The molecule has 9 nitrogen and oxygen atoms in total. The van der Waals surface area contributed by atoms with Crippen molar-refractivity contribution in [3.05, 3.63) is 60.8 Å². The number of ether oxygens (including phenoxy) is 1. The molecule has 0 rings (SSSR count). The standard InChI is InChI=1S/C61H113N2O7P/c1-7-10-13-16-19-22-25-27-29-30-31-32-34-35-38-41-44-47-50-53-60(64)62-58(57-69-71(66,67)68-56-55-63(4,5)6)59(52-49-46-43-40-37-24-21-18-15-12-9-3)70-61(65)54-51-48-45-42-39-36-33-28-26-23-20-17-14-11-8-2/h19,22-23,26-27,29,31-32,49,52,58-59H,7-18,20-21,24-25,28,30,33-48,50-51,53-57H2,1-6H3,(H-,62,64,66,67)/b22-19-,26-23-,29-27-,32-31-,52-49-. The van der Waals surface area contributed by atoms with Gasteiger partial charge in [0.05, 0.1) is 33.8 Å². The lowest BCUT2D eigenvalue weighted by molar-refractivity contribution is -0.870. The highest BCUT2D eigenvalue weighted by Gasteiger charge is 2.27. The predicted octanol–water partition coefficient (Wildman–Crippen LogP) is 17.3. The number of hydrogen-bond acceptors (Lipinski definition) is 7. The molecule has 1 N–H and O–H groups in total. The number of likely N-dealkylation sites (N-methyl/N-ethyl adjacent to an activating group) is 1. The number of nitrogens with one attached hydrogen (secondary N) is 1. The first-order chi connectivity index (χ1) is 34.4. The van der Waals surface area contributed by atoms with E-state index < -0.39 is 26.6 Å². The van der Waals surface area contributed by atoms with Gasteiger partial charge in [-0.3, -0.25) is 14.2 Å². The van der Waals surface area contributed by atoms with Crippen molar-refractivity contribution < 1.29 is 37.3 Å². The molecule has 10 heteroatoms. The van der Waals surface area contributed by atoms with Crippen LogP contribution in [0.3, 0.4) is 0 Å². The van der Waals surface area contributed by atoms with Gasteiger partial charge in [-0.25, -0.2) is 0 Å². The van der Waals surface area contributed by atoms with Crippen molar-refractivity contribution in [1.82, 2.24) is 5.32 Å². The van der Waals surface area contributed by atoms with E-state index in [4.69, 9.17) is 13.8 Å². The summed E-state index contributed by atoms with van der Waals surface area (Å²) in [6.07, 6.45) is 63.2. The third-order valence-corrected chi connectivity index (χ3v) is 13.9. The Bertz CT molecular complexity index is 1400. The minimum Gasteiger partial charge on any atom is -0.756 e. The number of quaternary nitrogens is 1. The van der Waals surface area contributed by atoms with Gasteiger partial charge in [-0.2, -0.15) is 0 Å². The van der Waals surface area contributed by atoms with E-state index in [0.717, 1.165) is 109 Å². The van der Waals surface area contributed by atoms with Gasteiger partial charge in [0.15, 0.2) is 0 Å². The van der Waals surface area contributed by atoms with E-state index in [1.165, 1.54) is 122 Å². The summed E-state index contributed by atoms with van der Waals surface area (Å²) < 4.78 is 30.2. The fraction of sp³-hybridized carbons (Fsp3) is 0.803. The summed E-state index contributed by atoms with van der Waals surface area (Å²) in [5.74, 6) is -0.559. The van der Waals surface area contributed by atoms with Gasteiger partial charge in [-0.15, -0.1) is 0 Å². The summed E-state index contributed by atoms with van der Waals surface area (Å²) in [7, 11) is 1.17. The quantitative estimate of drug-likeness (QED) is 0.0212. The lowest BCUT2D eigenvalue weighted by Gasteiger charge is -2.30. The van der Waals surface area contributed by atoms with Crippen LogP contribution in [0.25, 0.3) is 0 Å². The summed E-state index contributed by atoms with van der Waals surface area (Å²) in [5.41, 5.74) is 0. The second kappa shape index (κ2) is 51.2. The molecular formula is C61H113N2O7P. The van der Waals surface area contributed by atoms with Gasteiger partial charge in [0.25, 0.3) is 7.82 Å². The van der Waals surface area contributed by atoms with Crippen molar-refractivity contribution in [2.45, 2.75) is 277 Å². The monoisotopic (exact) mass is 1020 g/mol. The van der Waals surface area contributed by atoms with Crippen LogP contribution < -0.4 is 10.2 Å². The van der Waals surface area contributed by atoms with Crippen LogP contribution in [0.1, 0.15) is 265 Å². The predicted molar refractivity (Wildman–Crippen MR) is 302 cm³/mol. The lowest BCUT2D eigenvalue weighted by atomic mass is 10.1. The number of hydrogen-bond donors (Lipinski definition) is 1. The highest BCUT2D eigenvalue weighted by molar-refractivity contribution is 7.45. The number of rotatable bonds is 53. The van der Waals surface area contributed by atoms with E-state index in [-0.39, 0.29) is 24.9 Å². The largest absolute Gasteiger partial charge is 0.756 e. The third kappa shape index (κ3) is 52.4. The molecule has 0 fully saturated rings. The Morgan fingerprint density at radius 2 is 0.859 bits per heavy atom. The van der Waals surface area contributed by atoms with Gasteiger partial charge in [-0.1, -0.05) is 217 Å². The molecule has 0 spiro atoms. The average Bonchev–Trinajstić information content (AvgIpc) is 3.33. The van der Waals surface area contributed by atoms with Crippen LogP contribution in [0.15, 0.2) is 60.8 Å². The Morgan fingerprint density at radius 1 is 0.493 bits per heavy atom. The van der Waals surface area contributed by atoms with Crippen LogP contribution in [0, 0.1) is 0 Å². The number of carbonyl (C=O) groups excluding carboxylic acids is 2. The lowest BCUT2D eigenvalue weighted by Crippen LogP contribution is -2.47. The molecule has 0 aromatic carbocycles. The SMILES string of the molecule is CCCCC/C=C\C/C=C\C/C=C\CCCCCCCCC(=O)NC(COP(=O)([O-])OCC[N+](C)(C)C)C(/C=C\CCCCCCCCCCC)OC(=O)CCCCCCCCC/C=C\CCCCCC. The van der Waals surface area contributed by atoms with E-state index in [9.17, 15) is 19.0 Å². The fourth-order valence-electron chi connectivity index (χ4n) is 8.29. The molecule has 1 amide bonds. The van der Waals surface area contributed by atoms with Gasteiger partial charge in [0, 0.05) is 12.8 Å². The third-order valence-electron chi connectivity index (χ3n) is 12.9. The maximum atomic E-state index is 13.5. The summed E-state index contributed by atoms with van der Waals surface area (Å²) in [6.45, 7) is 6.79. The first-order valence-corrected chi connectivity index (χ1v) is 31.1. The van der Waals surface area contributed by atoms with Crippen molar-refractivity contribution in [3.8, 4) is 0 Å². The van der Waals surface area contributed by atoms with Gasteiger partial charge in [0.2, 0.25) is 5.91 Å². The van der Waals surface area contributed by atoms with Gasteiger partial charge in [0.1, 0.15) is 19.3 Å². The molecule has 0 aromatic rings. The van der Waals surface area contributed by atoms with Crippen LogP contribution in [-0.2, 0) is 27.9 Å². The van der Waals surface area contributed by atoms with E-state index in [0.29, 0.717) is 17.4 Å². The molecule has 0 saturated heterocycles. The maximum Gasteiger partial charge on any atom is 0.306 e. The van der Waals surface area contributed by atoms with E-state index in [2.05, 4.69) is 74.7 Å². The van der Waals surface area contributed by atoms with Gasteiger partial charge in [-0.05, 0) is 96.0 Å². The first kappa shape index (κ1) is 68.7. The zero-order valence-corrected chi connectivity index (χ0v) is 48.1. The van der Waals surface area contributed by atoms with E-state index in [1.807, 2.05) is 33.3 Å². The maximum absolute atomic E-state index is 13.5. The fourth-order valence-corrected chi connectivity index (χ4v) is 9.01. The van der Waals surface area contributed by atoms with Crippen LogP contribution in [0.4, 0.5) is 0 Å². The number of phosphoric ester groups is 1. The summed E-state index contributed by atoms with van der Waals surface area (Å²) in [5, 5.41) is 3.01. The zero-order chi connectivity index (χ0) is 52.2. The van der Waals surface area contributed by atoms with E-state index in [1.54, 1.807) is 0 Å². The molecule has 0 heterocycles. The van der Waals surface area contributed by atoms with Gasteiger partial charge < -0.3 is 28.5 Å².